The molecule has 6 aromatic rings. The van der Waals surface area contributed by atoms with E-state index in [9.17, 15) is 9.90 Å². The first-order valence-electron chi connectivity index (χ1n) is 15.5. The van der Waals surface area contributed by atoms with Gasteiger partial charge < -0.3 is 15.7 Å². The normalized spacial score (nSPS) is 14.0. The third kappa shape index (κ3) is 5.68. The van der Waals surface area contributed by atoms with Crippen LogP contribution < -0.4 is 10.6 Å². The first kappa shape index (κ1) is 29.2. The predicted octanol–water partition coefficient (Wildman–Crippen LogP) is 6.35. The number of hydrogen-bond donors (Lipinski definition) is 2. The van der Waals surface area contributed by atoms with Gasteiger partial charge in [0.05, 0.1) is 16.8 Å². The van der Waals surface area contributed by atoms with Crippen molar-refractivity contribution in [1.82, 2.24) is 24.4 Å². The first-order chi connectivity index (χ1) is 22.5. The number of nitrogen functional groups attached to an aromatic ring is 1. The molecule has 1 fully saturated rings. The lowest BCUT2D eigenvalue weighted by molar-refractivity contribution is 0.112. The summed E-state index contributed by atoms with van der Waals surface area (Å²) in [6.45, 7) is 2.80. The summed E-state index contributed by atoms with van der Waals surface area (Å²) in [6.07, 6.45) is 4.38. The fraction of sp³-hybridized carbons (Fsp3) is 0.189. The molecule has 1 aliphatic heterocycles. The molecular formula is C37H35N7O2. The Morgan fingerprint density at radius 1 is 0.935 bits per heavy atom. The lowest BCUT2D eigenvalue weighted by Gasteiger charge is -2.38. The highest BCUT2D eigenvalue weighted by Crippen LogP contribution is 2.32. The van der Waals surface area contributed by atoms with Gasteiger partial charge in [-0.3, -0.25) is 14.3 Å². The number of carbonyl (C=O) groups is 1. The molecule has 0 saturated carbocycles. The third-order valence-corrected chi connectivity index (χ3v) is 8.91. The molecule has 3 aromatic heterocycles. The van der Waals surface area contributed by atoms with E-state index in [2.05, 4.69) is 62.8 Å². The Bertz CT molecular complexity index is 2000. The summed E-state index contributed by atoms with van der Waals surface area (Å²) in [5.41, 5.74) is 14.0. The highest BCUT2D eigenvalue weighted by molar-refractivity contribution is 5.84. The zero-order valence-electron chi connectivity index (χ0n) is 25.6. The van der Waals surface area contributed by atoms with E-state index in [0.717, 1.165) is 71.8 Å². The highest BCUT2D eigenvalue weighted by atomic mass is 16.3. The van der Waals surface area contributed by atoms with Crippen molar-refractivity contribution in [2.24, 2.45) is 0 Å². The summed E-state index contributed by atoms with van der Waals surface area (Å²) in [5.74, 6) is 1.14. The van der Waals surface area contributed by atoms with Crippen LogP contribution in [-0.2, 0) is 6.54 Å². The van der Waals surface area contributed by atoms with Crippen molar-refractivity contribution in [1.29, 1.82) is 0 Å². The molecule has 0 aliphatic carbocycles. The van der Waals surface area contributed by atoms with Crippen molar-refractivity contribution in [3.8, 4) is 34.1 Å². The van der Waals surface area contributed by atoms with E-state index in [-0.39, 0.29) is 5.75 Å². The molecule has 0 unspecified atom stereocenters. The molecule has 1 saturated heterocycles. The fourth-order valence-electron chi connectivity index (χ4n) is 6.29. The number of aromatic hydroxyl groups is 1. The van der Waals surface area contributed by atoms with Gasteiger partial charge in [-0.05, 0) is 66.9 Å². The van der Waals surface area contributed by atoms with Gasteiger partial charge in [0.25, 0.3) is 0 Å². The van der Waals surface area contributed by atoms with Crippen molar-refractivity contribution < 1.29 is 9.90 Å². The standard InChI is InChI=1S/C37H35N7O2/c1-42(30-14-11-27(24-45)34(46)22-30)28-17-20-43(21-18-28)23-25-9-12-29(13-10-25)44-36(31-8-5-19-39-35(31)38)41-33-16-15-32(40-37(33)44)26-6-3-2-4-7-26/h2-16,19,22,24,28,46H,17-18,20-21,23H2,1H3,(H2,38,39). The van der Waals surface area contributed by atoms with Crippen molar-refractivity contribution in [3.05, 3.63) is 114 Å². The van der Waals surface area contributed by atoms with E-state index in [1.54, 1.807) is 18.3 Å². The number of nitrogens with zero attached hydrogens (tertiary/aromatic N) is 6. The Kier molecular flexibility index (Phi) is 7.90. The zero-order chi connectivity index (χ0) is 31.6. The third-order valence-electron chi connectivity index (χ3n) is 8.91. The second-order valence-corrected chi connectivity index (χ2v) is 11.8. The molecule has 3 N–H and O–H groups in total. The lowest BCUT2D eigenvalue weighted by atomic mass is 10.0. The van der Waals surface area contributed by atoms with Gasteiger partial charge in [0, 0.05) is 61.9 Å². The van der Waals surface area contributed by atoms with Crippen LogP contribution in [0.5, 0.6) is 5.75 Å². The van der Waals surface area contributed by atoms with Gasteiger partial charge in [0.1, 0.15) is 17.1 Å². The number of imidazole rings is 1. The monoisotopic (exact) mass is 609 g/mol. The maximum Gasteiger partial charge on any atom is 0.165 e. The topological polar surface area (TPSA) is 113 Å². The van der Waals surface area contributed by atoms with E-state index >= 15 is 0 Å². The van der Waals surface area contributed by atoms with Crippen LogP contribution in [0.2, 0.25) is 0 Å². The minimum atomic E-state index is 0.0207. The number of benzene rings is 3. The molecule has 1 aliphatic rings. The molecule has 7 rings (SSSR count). The predicted molar refractivity (Wildman–Crippen MR) is 182 cm³/mol. The van der Waals surface area contributed by atoms with Gasteiger partial charge in [-0.25, -0.2) is 15.0 Å². The smallest absolute Gasteiger partial charge is 0.165 e. The van der Waals surface area contributed by atoms with E-state index in [1.807, 2.05) is 48.5 Å². The Morgan fingerprint density at radius 3 is 2.43 bits per heavy atom. The summed E-state index contributed by atoms with van der Waals surface area (Å²) in [7, 11) is 2.05. The number of carbonyl (C=O) groups excluding carboxylic acids is 1. The lowest BCUT2D eigenvalue weighted by Crippen LogP contribution is -2.43. The molecule has 0 amide bonds. The summed E-state index contributed by atoms with van der Waals surface area (Å²) in [4.78, 5) is 30.1. The van der Waals surface area contributed by atoms with E-state index in [0.29, 0.717) is 29.5 Å². The number of piperidine rings is 1. The minimum absolute atomic E-state index is 0.0207. The van der Waals surface area contributed by atoms with Gasteiger partial charge >= 0.3 is 0 Å². The van der Waals surface area contributed by atoms with Crippen LogP contribution in [-0.4, -0.2) is 62.0 Å². The molecule has 0 atom stereocenters. The highest BCUT2D eigenvalue weighted by Gasteiger charge is 2.24. The van der Waals surface area contributed by atoms with Gasteiger partial charge in [-0.2, -0.15) is 0 Å². The summed E-state index contributed by atoms with van der Waals surface area (Å²) in [6, 6.07) is 32.2. The zero-order valence-corrected chi connectivity index (χ0v) is 25.6. The van der Waals surface area contributed by atoms with Crippen molar-refractivity contribution in [2.75, 3.05) is 30.8 Å². The SMILES string of the molecule is CN(c1ccc(C=O)c(O)c1)C1CCN(Cc2ccc(-n3c(-c4cccnc4N)nc4ccc(-c5ccccc5)nc43)cc2)CC1. The number of pyridine rings is 2. The van der Waals surface area contributed by atoms with E-state index in [4.69, 9.17) is 15.7 Å². The number of fused-ring (bicyclic) bond motifs is 1. The number of phenols is 1. The van der Waals surface area contributed by atoms with Crippen LogP contribution in [0.15, 0.2) is 103 Å². The van der Waals surface area contributed by atoms with Crippen LogP contribution in [0, 0.1) is 0 Å². The van der Waals surface area contributed by atoms with Crippen LogP contribution in [0.4, 0.5) is 11.5 Å². The summed E-state index contributed by atoms with van der Waals surface area (Å²) >= 11 is 0. The Morgan fingerprint density at radius 2 is 1.72 bits per heavy atom. The Balaban J connectivity index is 1.12. The number of aromatic nitrogens is 4. The van der Waals surface area contributed by atoms with Crippen molar-refractivity contribution >= 4 is 29.0 Å². The van der Waals surface area contributed by atoms with Gasteiger partial charge in [-0.15, -0.1) is 0 Å². The molecule has 0 bridgehead atoms. The first-order valence-corrected chi connectivity index (χ1v) is 15.5. The molecular weight excluding hydrogens is 574 g/mol. The van der Waals surface area contributed by atoms with Crippen molar-refractivity contribution in [2.45, 2.75) is 25.4 Å². The van der Waals surface area contributed by atoms with Crippen LogP contribution in [0.1, 0.15) is 28.8 Å². The molecule has 9 heteroatoms. The van der Waals surface area contributed by atoms with E-state index < -0.39 is 0 Å². The second kappa shape index (κ2) is 12.5. The van der Waals surface area contributed by atoms with Gasteiger partial charge in [0.2, 0.25) is 0 Å². The minimum Gasteiger partial charge on any atom is -0.507 e. The van der Waals surface area contributed by atoms with Gasteiger partial charge in [0.15, 0.2) is 17.8 Å². The Hall–Kier alpha value is -5.54. The van der Waals surface area contributed by atoms with Crippen LogP contribution in [0.3, 0.4) is 0 Å². The number of nitrogens with two attached hydrogens (primary N) is 1. The summed E-state index contributed by atoms with van der Waals surface area (Å²) < 4.78 is 2.07. The number of hydrogen-bond acceptors (Lipinski definition) is 8. The molecule has 0 radical (unpaired) electrons. The molecule has 4 heterocycles. The fourth-order valence-corrected chi connectivity index (χ4v) is 6.29. The van der Waals surface area contributed by atoms with Crippen LogP contribution in [0.25, 0.3) is 39.5 Å². The van der Waals surface area contributed by atoms with Crippen molar-refractivity contribution in [3.63, 3.8) is 0 Å². The number of anilines is 2. The average Bonchev–Trinajstić information content (AvgIpc) is 3.48. The Labute approximate surface area is 267 Å². The molecule has 230 valence electrons. The maximum absolute atomic E-state index is 11.1. The maximum atomic E-state index is 11.1. The molecule has 9 nitrogen and oxygen atoms in total. The molecule has 46 heavy (non-hydrogen) atoms. The summed E-state index contributed by atoms with van der Waals surface area (Å²) in [5, 5.41) is 10.1. The molecule has 0 spiro atoms. The van der Waals surface area contributed by atoms with Gasteiger partial charge in [-0.1, -0.05) is 42.5 Å². The second-order valence-electron chi connectivity index (χ2n) is 11.8. The largest absolute Gasteiger partial charge is 0.507 e. The number of aldehydes is 1. The molecule has 3 aromatic carbocycles. The number of likely N-dealkylation sites (tertiary alicyclic amines) is 1. The number of rotatable bonds is 8. The van der Waals surface area contributed by atoms with Crippen LogP contribution >= 0.6 is 0 Å². The quantitative estimate of drug-likeness (QED) is 0.192. The number of phenolic OH excluding ortho intramolecular Hbond substituents is 1. The average molecular weight is 610 g/mol. The van der Waals surface area contributed by atoms with E-state index in [1.165, 1.54) is 5.56 Å².